The second kappa shape index (κ2) is 6.49. The van der Waals surface area contributed by atoms with Gasteiger partial charge < -0.3 is 4.42 Å². The van der Waals surface area contributed by atoms with Gasteiger partial charge >= 0.3 is 5.63 Å². The SMILES string of the molecule is CC(=O)c1nn(-c2ccccc2)cc1C(=O)c1cc2ccccc2oc1=O. The summed E-state index contributed by atoms with van der Waals surface area (Å²) in [7, 11) is 0. The second-order valence-corrected chi connectivity index (χ2v) is 6.04. The van der Waals surface area contributed by atoms with Crippen molar-refractivity contribution in [3.8, 4) is 5.69 Å². The maximum Gasteiger partial charge on any atom is 0.347 e. The second-order valence-electron chi connectivity index (χ2n) is 6.04. The number of hydrogen-bond acceptors (Lipinski definition) is 5. The molecule has 0 bridgehead atoms. The van der Waals surface area contributed by atoms with E-state index in [-0.39, 0.29) is 22.6 Å². The van der Waals surface area contributed by atoms with Crippen molar-refractivity contribution in [1.29, 1.82) is 0 Å². The van der Waals surface area contributed by atoms with E-state index < -0.39 is 11.4 Å². The normalized spacial score (nSPS) is 10.9. The van der Waals surface area contributed by atoms with E-state index in [9.17, 15) is 14.4 Å². The molecule has 0 unspecified atom stereocenters. The summed E-state index contributed by atoms with van der Waals surface area (Å²) >= 11 is 0. The van der Waals surface area contributed by atoms with Crippen molar-refractivity contribution in [2.24, 2.45) is 0 Å². The zero-order valence-electron chi connectivity index (χ0n) is 14.4. The molecule has 0 amide bonds. The van der Waals surface area contributed by atoms with Crippen LogP contribution in [0.15, 0.2) is 76.1 Å². The summed E-state index contributed by atoms with van der Waals surface area (Å²) in [6.45, 7) is 1.33. The number of para-hydroxylation sites is 2. The minimum Gasteiger partial charge on any atom is -0.422 e. The topological polar surface area (TPSA) is 82.2 Å². The van der Waals surface area contributed by atoms with Crippen molar-refractivity contribution in [3.63, 3.8) is 0 Å². The van der Waals surface area contributed by atoms with Crippen LogP contribution < -0.4 is 5.63 Å². The van der Waals surface area contributed by atoms with Gasteiger partial charge in [0.25, 0.3) is 0 Å². The van der Waals surface area contributed by atoms with Crippen LogP contribution in [-0.2, 0) is 0 Å². The fourth-order valence-electron chi connectivity index (χ4n) is 2.88. The first-order valence-electron chi connectivity index (χ1n) is 8.28. The van der Waals surface area contributed by atoms with Crippen LogP contribution in [0, 0.1) is 0 Å². The van der Waals surface area contributed by atoms with Gasteiger partial charge in [-0.1, -0.05) is 36.4 Å². The Morgan fingerprint density at radius 3 is 2.41 bits per heavy atom. The summed E-state index contributed by atoms with van der Waals surface area (Å²) in [6, 6.07) is 17.5. The third kappa shape index (κ3) is 2.97. The Morgan fingerprint density at radius 2 is 1.67 bits per heavy atom. The van der Waals surface area contributed by atoms with Crippen LogP contribution in [0.3, 0.4) is 0 Å². The Labute approximate surface area is 153 Å². The summed E-state index contributed by atoms with van der Waals surface area (Å²) in [5, 5.41) is 4.86. The molecule has 0 N–H and O–H groups in total. The molecule has 2 aromatic carbocycles. The molecule has 0 aliphatic heterocycles. The first-order valence-corrected chi connectivity index (χ1v) is 8.28. The number of carbonyl (C=O) groups excluding carboxylic acids is 2. The van der Waals surface area contributed by atoms with Gasteiger partial charge in [-0.2, -0.15) is 5.10 Å². The number of carbonyl (C=O) groups is 2. The molecule has 4 aromatic rings. The van der Waals surface area contributed by atoms with E-state index in [1.165, 1.54) is 23.9 Å². The number of ketones is 2. The number of hydrogen-bond donors (Lipinski definition) is 0. The van der Waals surface area contributed by atoms with Crippen LogP contribution in [-0.4, -0.2) is 21.3 Å². The summed E-state index contributed by atoms with van der Waals surface area (Å²) in [5.74, 6) is -0.958. The van der Waals surface area contributed by atoms with Crippen LogP contribution in [0.25, 0.3) is 16.7 Å². The van der Waals surface area contributed by atoms with Crippen LogP contribution in [0.2, 0.25) is 0 Å². The molecule has 6 heteroatoms. The van der Waals surface area contributed by atoms with Crippen LogP contribution in [0.4, 0.5) is 0 Å². The number of benzene rings is 2. The lowest BCUT2D eigenvalue weighted by Gasteiger charge is -2.01. The van der Waals surface area contributed by atoms with E-state index >= 15 is 0 Å². The van der Waals surface area contributed by atoms with Gasteiger partial charge in [0.1, 0.15) is 16.8 Å². The zero-order valence-corrected chi connectivity index (χ0v) is 14.4. The van der Waals surface area contributed by atoms with Crippen LogP contribution >= 0.6 is 0 Å². The third-order valence-corrected chi connectivity index (χ3v) is 4.20. The van der Waals surface area contributed by atoms with E-state index in [4.69, 9.17) is 4.42 Å². The van der Waals surface area contributed by atoms with Gasteiger partial charge in [0.15, 0.2) is 5.78 Å². The number of aromatic nitrogens is 2. The highest BCUT2D eigenvalue weighted by molar-refractivity contribution is 6.15. The smallest absolute Gasteiger partial charge is 0.347 e. The largest absolute Gasteiger partial charge is 0.422 e. The lowest BCUT2D eigenvalue weighted by atomic mass is 10.0. The molecule has 6 nitrogen and oxygen atoms in total. The van der Waals surface area contributed by atoms with Gasteiger partial charge in [0.2, 0.25) is 5.78 Å². The fraction of sp³-hybridized carbons (Fsp3) is 0.0476. The molecule has 2 heterocycles. The van der Waals surface area contributed by atoms with E-state index in [1.54, 1.807) is 36.4 Å². The zero-order chi connectivity index (χ0) is 19.0. The Kier molecular flexibility index (Phi) is 4.01. The van der Waals surface area contributed by atoms with E-state index in [0.717, 1.165) is 0 Å². The molecule has 2 aromatic heterocycles. The summed E-state index contributed by atoms with van der Waals surface area (Å²) in [6.07, 6.45) is 1.46. The Hall–Kier alpha value is -3.80. The lowest BCUT2D eigenvalue weighted by Crippen LogP contribution is -2.16. The van der Waals surface area contributed by atoms with Crippen molar-refractivity contribution in [2.75, 3.05) is 0 Å². The standard InChI is InChI=1S/C21H14N2O4/c1-13(24)19-17(12-23(22-19)15-8-3-2-4-9-15)20(25)16-11-14-7-5-6-10-18(14)27-21(16)26/h2-12H,1H3. The Bertz CT molecular complexity index is 1240. The van der Waals surface area contributed by atoms with Gasteiger partial charge in [-0.05, 0) is 24.3 Å². The molecule has 0 saturated carbocycles. The highest BCUT2D eigenvalue weighted by Crippen LogP contribution is 2.19. The van der Waals surface area contributed by atoms with Crippen LogP contribution in [0.1, 0.15) is 33.3 Å². The molecule has 0 aliphatic rings. The summed E-state index contributed by atoms with van der Waals surface area (Å²) < 4.78 is 6.69. The van der Waals surface area contributed by atoms with E-state index in [1.807, 2.05) is 18.2 Å². The molecule has 0 saturated heterocycles. The highest BCUT2D eigenvalue weighted by atomic mass is 16.4. The van der Waals surface area contributed by atoms with Crippen molar-refractivity contribution in [1.82, 2.24) is 9.78 Å². The summed E-state index contributed by atoms with van der Waals surface area (Å²) in [5.41, 5.74) is 0.283. The average Bonchev–Trinajstić information content (AvgIpc) is 3.13. The molecule has 0 aliphatic carbocycles. The Morgan fingerprint density at radius 1 is 0.963 bits per heavy atom. The Balaban J connectivity index is 1.87. The van der Waals surface area contributed by atoms with Crippen LogP contribution in [0.5, 0.6) is 0 Å². The number of nitrogens with zero attached hydrogens (tertiary/aromatic N) is 2. The van der Waals surface area contributed by atoms with Crippen molar-refractivity contribution < 1.29 is 14.0 Å². The predicted molar refractivity (Wildman–Crippen MR) is 99.5 cm³/mol. The number of Topliss-reactive ketones (excluding diaryl/α,β-unsaturated/α-hetero) is 1. The first-order chi connectivity index (χ1) is 13.0. The summed E-state index contributed by atoms with van der Waals surface area (Å²) in [4.78, 5) is 37.3. The minimum absolute atomic E-state index is 0.0106. The molecular weight excluding hydrogens is 344 g/mol. The van der Waals surface area contributed by atoms with Crippen molar-refractivity contribution >= 4 is 22.5 Å². The van der Waals surface area contributed by atoms with Gasteiger partial charge in [-0.15, -0.1) is 0 Å². The van der Waals surface area contributed by atoms with Gasteiger partial charge in [0.05, 0.1) is 11.3 Å². The quantitative estimate of drug-likeness (QED) is 0.412. The highest BCUT2D eigenvalue weighted by Gasteiger charge is 2.24. The van der Waals surface area contributed by atoms with Crippen molar-refractivity contribution in [2.45, 2.75) is 6.92 Å². The third-order valence-electron chi connectivity index (χ3n) is 4.20. The monoisotopic (exact) mass is 358 g/mol. The number of rotatable bonds is 4. The first kappa shape index (κ1) is 16.7. The molecule has 132 valence electrons. The van der Waals surface area contributed by atoms with E-state index in [0.29, 0.717) is 16.7 Å². The van der Waals surface area contributed by atoms with Gasteiger partial charge in [-0.25, -0.2) is 9.48 Å². The molecular formula is C21H14N2O4. The molecule has 0 fully saturated rings. The average molecular weight is 358 g/mol. The fourth-order valence-corrected chi connectivity index (χ4v) is 2.88. The number of fused-ring (bicyclic) bond motifs is 1. The minimum atomic E-state index is -0.749. The molecule has 27 heavy (non-hydrogen) atoms. The predicted octanol–water partition coefficient (Wildman–Crippen LogP) is 3.41. The maximum absolute atomic E-state index is 13.0. The van der Waals surface area contributed by atoms with Gasteiger partial charge in [0, 0.05) is 18.5 Å². The van der Waals surface area contributed by atoms with Crippen molar-refractivity contribution in [3.05, 3.63) is 94.1 Å². The molecule has 0 radical (unpaired) electrons. The van der Waals surface area contributed by atoms with E-state index in [2.05, 4.69) is 5.10 Å². The molecule has 4 rings (SSSR count). The lowest BCUT2D eigenvalue weighted by molar-refractivity contribution is 0.0986. The maximum atomic E-state index is 13.0. The molecule has 0 spiro atoms. The molecule has 0 atom stereocenters. The van der Waals surface area contributed by atoms with Gasteiger partial charge in [-0.3, -0.25) is 9.59 Å².